The van der Waals surface area contributed by atoms with Gasteiger partial charge >= 0.3 is 6.36 Å². The molecule has 0 saturated heterocycles. The van der Waals surface area contributed by atoms with Gasteiger partial charge in [0.1, 0.15) is 17.2 Å². The van der Waals surface area contributed by atoms with Crippen molar-refractivity contribution in [1.29, 1.82) is 0 Å². The summed E-state index contributed by atoms with van der Waals surface area (Å²) < 4.78 is 46.9. The Balaban J connectivity index is 1.85. The van der Waals surface area contributed by atoms with Gasteiger partial charge in [-0.3, -0.25) is 4.79 Å². The Morgan fingerprint density at radius 3 is 1.97 bits per heavy atom. The molecule has 3 rings (SSSR count). The summed E-state index contributed by atoms with van der Waals surface area (Å²) >= 11 is 0. The van der Waals surface area contributed by atoms with E-state index in [9.17, 15) is 18.0 Å². The van der Waals surface area contributed by atoms with Crippen LogP contribution < -0.4 is 9.47 Å². The molecule has 0 atom stereocenters. The van der Waals surface area contributed by atoms with Crippen molar-refractivity contribution in [3.63, 3.8) is 0 Å². The molecule has 0 bridgehead atoms. The van der Waals surface area contributed by atoms with Crippen LogP contribution in [0.25, 0.3) is 11.1 Å². The lowest BCUT2D eigenvalue weighted by Crippen LogP contribution is -2.16. The number of ether oxygens (including phenoxy) is 2. The molecule has 162 valence electrons. The largest absolute Gasteiger partial charge is 0.573 e. The van der Waals surface area contributed by atoms with E-state index in [1.165, 1.54) is 29.8 Å². The van der Waals surface area contributed by atoms with Gasteiger partial charge in [-0.05, 0) is 64.9 Å². The molecule has 0 aliphatic heterocycles. The van der Waals surface area contributed by atoms with Crippen molar-refractivity contribution < 1.29 is 27.4 Å². The molecule has 0 unspecified atom stereocenters. The molecule has 0 saturated carbocycles. The Kier molecular flexibility index (Phi) is 6.39. The third-order valence-corrected chi connectivity index (χ3v) is 5.31. The van der Waals surface area contributed by atoms with Crippen molar-refractivity contribution in [2.24, 2.45) is 0 Å². The summed E-state index contributed by atoms with van der Waals surface area (Å²) in [6.45, 7) is 6.47. The fourth-order valence-electron chi connectivity index (χ4n) is 3.05. The second-order valence-electron chi connectivity index (χ2n) is 7.81. The van der Waals surface area contributed by atoms with Crippen LogP contribution in [0.5, 0.6) is 17.2 Å². The lowest BCUT2D eigenvalue weighted by molar-refractivity contribution is -0.274. The summed E-state index contributed by atoms with van der Waals surface area (Å²) in [5, 5.41) is 0. The Hall–Kier alpha value is -3.28. The summed E-state index contributed by atoms with van der Waals surface area (Å²) in [5.41, 5.74) is 2.97. The Morgan fingerprint density at radius 1 is 0.839 bits per heavy atom. The van der Waals surface area contributed by atoms with Crippen molar-refractivity contribution >= 4 is 6.29 Å². The molecule has 3 aromatic carbocycles. The maximum Gasteiger partial charge on any atom is 0.573 e. The van der Waals surface area contributed by atoms with Crippen molar-refractivity contribution in [3.8, 4) is 28.4 Å². The van der Waals surface area contributed by atoms with Gasteiger partial charge in [0.25, 0.3) is 0 Å². The third kappa shape index (κ3) is 5.66. The Labute approximate surface area is 179 Å². The number of hydrogen-bond donors (Lipinski definition) is 0. The fraction of sp³-hybridized carbons (Fsp3) is 0.240. The number of aldehydes is 1. The van der Waals surface area contributed by atoms with Gasteiger partial charge in [0.15, 0.2) is 6.29 Å². The van der Waals surface area contributed by atoms with Gasteiger partial charge in [-0.1, -0.05) is 51.1 Å². The van der Waals surface area contributed by atoms with Gasteiger partial charge in [0.2, 0.25) is 0 Å². The van der Waals surface area contributed by atoms with Crippen LogP contribution in [0.1, 0.15) is 43.1 Å². The Bertz CT molecular complexity index is 1040. The lowest BCUT2D eigenvalue weighted by Gasteiger charge is -2.23. The third-order valence-electron chi connectivity index (χ3n) is 5.31. The molecule has 0 heterocycles. The first kappa shape index (κ1) is 22.4. The second-order valence-corrected chi connectivity index (χ2v) is 7.81. The molecule has 0 aliphatic carbocycles. The summed E-state index contributed by atoms with van der Waals surface area (Å²) in [6.07, 6.45) is -3.04. The zero-order chi connectivity index (χ0) is 22.6. The molecule has 0 amide bonds. The first-order valence-corrected chi connectivity index (χ1v) is 9.85. The van der Waals surface area contributed by atoms with E-state index in [0.717, 1.165) is 6.42 Å². The minimum Gasteiger partial charge on any atom is -0.457 e. The fourth-order valence-corrected chi connectivity index (χ4v) is 3.05. The normalized spacial score (nSPS) is 11.8. The molecule has 0 aliphatic rings. The molecule has 3 aromatic rings. The molecule has 0 aromatic heterocycles. The number of carbonyl (C=O) groups is 1. The minimum atomic E-state index is -4.74. The van der Waals surface area contributed by atoms with Crippen molar-refractivity contribution in [2.45, 2.75) is 39.0 Å². The zero-order valence-corrected chi connectivity index (χ0v) is 17.5. The van der Waals surface area contributed by atoms with Crippen LogP contribution in [0.4, 0.5) is 13.2 Å². The van der Waals surface area contributed by atoms with E-state index in [1.807, 2.05) is 24.3 Å². The predicted octanol–water partition coefficient (Wildman–Crippen LogP) is 7.54. The minimum absolute atomic E-state index is 0.0500. The monoisotopic (exact) mass is 428 g/mol. The van der Waals surface area contributed by atoms with Crippen molar-refractivity contribution in [2.75, 3.05) is 0 Å². The van der Waals surface area contributed by atoms with E-state index >= 15 is 0 Å². The average Bonchev–Trinajstić information content (AvgIpc) is 2.73. The van der Waals surface area contributed by atoms with Gasteiger partial charge in [-0.25, -0.2) is 0 Å². The van der Waals surface area contributed by atoms with Gasteiger partial charge in [0.05, 0.1) is 5.56 Å². The van der Waals surface area contributed by atoms with Crippen molar-refractivity contribution in [1.82, 2.24) is 0 Å². The molecule has 3 nitrogen and oxygen atoms in total. The molecule has 0 spiro atoms. The highest BCUT2D eigenvalue weighted by Crippen LogP contribution is 2.33. The summed E-state index contributed by atoms with van der Waals surface area (Å²) in [5.74, 6) is 0.655. The maximum atomic E-state index is 12.3. The van der Waals surface area contributed by atoms with Crippen molar-refractivity contribution in [3.05, 3.63) is 77.9 Å². The van der Waals surface area contributed by atoms with E-state index in [-0.39, 0.29) is 11.2 Å². The van der Waals surface area contributed by atoms with Crippen LogP contribution in [0.2, 0.25) is 0 Å². The molecule has 0 N–H and O–H groups in total. The van der Waals surface area contributed by atoms with E-state index in [4.69, 9.17) is 4.74 Å². The number of alkyl halides is 3. The van der Waals surface area contributed by atoms with Crippen LogP contribution in [0, 0.1) is 0 Å². The van der Waals surface area contributed by atoms with Gasteiger partial charge in [0, 0.05) is 0 Å². The van der Waals surface area contributed by atoms with Crippen LogP contribution in [-0.4, -0.2) is 12.6 Å². The van der Waals surface area contributed by atoms with E-state index in [2.05, 4.69) is 25.5 Å². The smallest absolute Gasteiger partial charge is 0.457 e. The van der Waals surface area contributed by atoms with E-state index < -0.39 is 6.36 Å². The number of rotatable bonds is 7. The maximum absolute atomic E-state index is 12.3. The zero-order valence-electron chi connectivity index (χ0n) is 17.5. The molecular weight excluding hydrogens is 405 g/mol. The Morgan fingerprint density at radius 2 is 1.42 bits per heavy atom. The molecule has 31 heavy (non-hydrogen) atoms. The lowest BCUT2D eigenvalue weighted by atomic mass is 9.82. The first-order chi connectivity index (χ1) is 14.6. The van der Waals surface area contributed by atoms with Crippen LogP contribution in [0.3, 0.4) is 0 Å². The highest BCUT2D eigenvalue weighted by molar-refractivity contribution is 5.82. The predicted molar refractivity (Wildman–Crippen MR) is 114 cm³/mol. The highest BCUT2D eigenvalue weighted by Gasteiger charge is 2.31. The molecule has 0 fully saturated rings. The van der Waals surface area contributed by atoms with Crippen LogP contribution in [0.15, 0.2) is 66.7 Å². The highest BCUT2D eigenvalue weighted by atomic mass is 19.4. The SMILES string of the molecule is CCC(C)(C)c1ccc(Oc2cc(-c3ccc(OC(F)(F)F)cc3)ccc2C=O)cc1. The van der Waals surface area contributed by atoms with E-state index in [0.29, 0.717) is 34.5 Å². The first-order valence-electron chi connectivity index (χ1n) is 9.85. The molecule has 6 heteroatoms. The quantitative estimate of drug-likeness (QED) is 0.365. The summed E-state index contributed by atoms with van der Waals surface area (Å²) in [4.78, 5) is 11.5. The van der Waals surface area contributed by atoms with Gasteiger partial charge in [-0.15, -0.1) is 13.2 Å². The average molecular weight is 428 g/mol. The number of halogens is 3. The van der Waals surface area contributed by atoms with Gasteiger partial charge < -0.3 is 9.47 Å². The number of hydrogen-bond acceptors (Lipinski definition) is 3. The molecule has 0 radical (unpaired) electrons. The second kappa shape index (κ2) is 8.84. The molecular formula is C25H23F3O3. The summed E-state index contributed by atoms with van der Waals surface area (Å²) in [6, 6.07) is 18.3. The standard InChI is InChI=1S/C25H23F3O3/c1-4-24(2,3)20-9-13-21(14-10-20)30-23-15-18(5-6-19(23)16-29)17-7-11-22(12-8-17)31-25(26,27)28/h5-16H,4H2,1-3H3. The topological polar surface area (TPSA) is 35.5 Å². The number of benzene rings is 3. The van der Waals surface area contributed by atoms with Crippen LogP contribution in [-0.2, 0) is 5.41 Å². The van der Waals surface area contributed by atoms with Crippen LogP contribution >= 0.6 is 0 Å². The van der Waals surface area contributed by atoms with Gasteiger partial charge in [-0.2, -0.15) is 0 Å². The summed E-state index contributed by atoms with van der Waals surface area (Å²) in [7, 11) is 0. The van der Waals surface area contributed by atoms with E-state index in [1.54, 1.807) is 18.2 Å². The number of carbonyl (C=O) groups excluding carboxylic acids is 1.